The first-order valence-electron chi connectivity index (χ1n) is 8.20. The van der Waals surface area contributed by atoms with Crippen molar-refractivity contribution in [2.45, 2.75) is 13.8 Å². The number of hydrogen-bond acceptors (Lipinski definition) is 7. The zero-order valence-corrected chi connectivity index (χ0v) is 16.4. The Bertz CT molecular complexity index is 925. The molecule has 2 rings (SSSR count). The molecule has 0 bridgehead atoms. The maximum absolute atomic E-state index is 12.6. The molecule has 9 nitrogen and oxygen atoms in total. The number of primary amides is 1. The van der Waals surface area contributed by atoms with Crippen molar-refractivity contribution in [3.63, 3.8) is 0 Å². The molecule has 0 aliphatic carbocycles. The van der Waals surface area contributed by atoms with Gasteiger partial charge in [0.15, 0.2) is 5.78 Å². The molecule has 2 amide bonds. The topological polar surface area (TPSA) is 130 Å². The Labute approximate surface area is 157 Å². The van der Waals surface area contributed by atoms with Gasteiger partial charge >= 0.3 is 0 Å². The summed E-state index contributed by atoms with van der Waals surface area (Å²) in [6, 6.07) is 0. The molecule has 0 fully saturated rings. The van der Waals surface area contributed by atoms with Gasteiger partial charge in [-0.15, -0.1) is 0 Å². The largest absolute Gasteiger partial charge is 0.369 e. The molecule has 146 valence electrons. The van der Waals surface area contributed by atoms with Crippen molar-refractivity contribution in [2.75, 3.05) is 26.4 Å². The fraction of sp³-hybridized carbons (Fsp3) is 0.412. The summed E-state index contributed by atoms with van der Waals surface area (Å²) in [6.07, 6.45) is 4.97. The number of nitrogens with two attached hydrogens (primary N) is 1. The van der Waals surface area contributed by atoms with E-state index in [0.29, 0.717) is 10.8 Å². The minimum absolute atomic E-state index is 0.00587. The number of rotatable bonds is 8. The van der Waals surface area contributed by atoms with E-state index < -0.39 is 27.6 Å². The highest BCUT2D eigenvalue weighted by molar-refractivity contribution is 7.89. The second-order valence-electron chi connectivity index (χ2n) is 6.70. The Morgan fingerprint density at radius 2 is 2.00 bits per heavy atom. The van der Waals surface area contributed by atoms with E-state index >= 15 is 0 Å². The molecule has 2 N–H and O–H groups in total. The summed E-state index contributed by atoms with van der Waals surface area (Å²) in [6.45, 7) is 3.85. The lowest BCUT2D eigenvalue weighted by atomic mass is 10.0. The monoisotopic (exact) mass is 394 g/mol. The maximum atomic E-state index is 12.6. The zero-order chi connectivity index (χ0) is 20.5. The average molecular weight is 394 g/mol. The number of hydrogen-bond donors (Lipinski definition) is 1. The van der Waals surface area contributed by atoms with Crippen LogP contribution >= 0.6 is 0 Å². The number of carbonyl (C=O) groups excluding carboxylic acids is 3. The van der Waals surface area contributed by atoms with Gasteiger partial charge in [0.1, 0.15) is 0 Å². The Hall–Kier alpha value is -2.59. The van der Waals surface area contributed by atoms with Gasteiger partial charge in [-0.25, -0.2) is 12.7 Å². The van der Waals surface area contributed by atoms with Crippen LogP contribution in [0.1, 0.15) is 13.8 Å². The summed E-state index contributed by atoms with van der Waals surface area (Å²) in [5.41, 5.74) is 5.62. The van der Waals surface area contributed by atoms with E-state index in [0.717, 1.165) is 6.26 Å². The minimum Gasteiger partial charge on any atom is -0.369 e. The van der Waals surface area contributed by atoms with Crippen molar-refractivity contribution in [1.29, 1.82) is 0 Å². The van der Waals surface area contributed by atoms with E-state index in [1.807, 2.05) is 0 Å². The molecule has 0 unspecified atom stereocenters. The van der Waals surface area contributed by atoms with Gasteiger partial charge < -0.3 is 5.73 Å². The molecule has 10 heteroatoms. The highest BCUT2D eigenvalue weighted by Crippen LogP contribution is 2.40. The number of likely N-dealkylation sites (N-methyl/N-ethyl adjacent to an activating group) is 1. The standard InChI is InChI=1S/C17H22N4O5S/c1-10(2)14-15-16(21(17(14)24)27(4,25)26)11(8-19-15)12(22)6-5-7-20(3)9-13(18)23/h5-6,8,10H,7,9H2,1-4H3,(H2,18,23). The number of aliphatic imine (C=N–C) groups is 1. The predicted octanol–water partition coefficient (Wildman–Crippen LogP) is -0.421. The number of amides is 2. The number of carbonyl (C=O) groups is 3. The van der Waals surface area contributed by atoms with Crippen LogP contribution in [0.5, 0.6) is 0 Å². The molecule has 0 spiro atoms. The minimum atomic E-state index is -3.92. The summed E-state index contributed by atoms with van der Waals surface area (Å²) in [4.78, 5) is 41.7. The van der Waals surface area contributed by atoms with Gasteiger partial charge in [0.2, 0.25) is 15.9 Å². The van der Waals surface area contributed by atoms with Gasteiger partial charge in [-0.2, -0.15) is 0 Å². The van der Waals surface area contributed by atoms with E-state index in [2.05, 4.69) is 4.99 Å². The number of nitrogens with zero attached hydrogens (tertiary/aromatic N) is 3. The van der Waals surface area contributed by atoms with Crippen molar-refractivity contribution >= 4 is 33.8 Å². The summed E-state index contributed by atoms with van der Waals surface area (Å²) in [7, 11) is -2.26. The zero-order valence-electron chi connectivity index (χ0n) is 15.6. The van der Waals surface area contributed by atoms with Gasteiger partial charge in [0, 0.05) is 18.3 Å². The number of ketones is 1. The molecule has 2 aliphatic rings. The molecule has 0 saturated heterocycles. The van der Waals surface area contributed by atoms with E-state index in [4.69, 9.17) is 5.73 Å². The number of sulfonamides is 1. The van der Waals surface area contributed by atoms with Crippen LogP contribution < -0.4 is 5.73 Å². The van der Waals surface area contributed by atoms with E-state index in [1.165, 1.54) is 18.4 Å². The van der Waals surface area contributed by atoms with Crippen LogP contribution in [-0.4, -0.2) is 67.8 Å². The van der Waals surface area contributed by atoms with Crippen molar-refractivity contribution < 1.29 is 22.8 Å². The van der Waals surface area contributed by atoms with Crippen molar-refractivity contribution in [2.24, 2.45) is 16.6 Å². The molecule has 0 saturated carbocycles. The highest BCUT2D eigenvalue weighted by Gasteiger charge is 2.45. The first-order chi connectivity index (χ1) is 12.4. The molecule has 27 heavy (non-hydrogen) atoms. The molecule has 0 aromatic rings. The van der Waals surface area contributed by atoms with E-state index in [-0.39, 0.29) is 35.0 Å². The van der Waals surface area contributed by atoms with Crippen molar-refractivity contribution in [3.8, 4) is 0 Å². The molecule has 0 atom stereocenters. The van der Waals surface area contributed by atoms with Crippen molar-refractivity contribution in [1.82, 2.24) is 9.21 Å². The Morgan fingerprint density at radius 3 is 2.52 bits per heavy atom. The summed E-state index contributed by atoms with van der Waals surface area (Å²) in [5.74, 6) is -1.90. The van der Waals surface area contributed by atoms with Crippen LogP contribution in [0.25, 0.3) is 0 Å². The van der Waals surface area contributed by atoms with E-state index in [1.54, 1.807) is 25.8 Å². The van der Waals surface area contributed by atoms with Crippen LogP contribution in [0.2, 0.25) is 0 Å². The predicted molar refractivity (Wildman–Crippen MR) is 99.9 cm³/mol. The molecule has 0 radical (unpaired) electrons. The summed E-state index contributed by atoms with van der Waals surface area (Å²) < 4.78 is 24.9. The third kappa shape index (κ3) is 4.22. The molecular formula is C17H22N4O5S. The van der Waals surface area contributed by atoms with Gasteiger partial charge in [-0.1, -0.05) is 19.9 Å². The first kappa shape index (κ1) is 20.7. The van der Waals surface area contributed by atoms with E-state index in [9.17, 15) is 22.8 Å². The van der Waals surface area contributed by atoms with Gasteiger partial charge in [-0.3, -0.25) is 24.3 Å². The second kappa shape index (κ2) is 7.57. The summed E-state index contributed by atoms with van der Waals surface area (Å²) >= 11 is 0. The first-order valence-corrected chi connectivity index (χ1v) is 10.0. The van der Waals surface area contributed by atoms with Crippen LogP contribution in [-0.2, 0) is 24.4 Å². The van der Waals surface area contributed by atoms with Crippen molar-refractivity contribution in [3.05, 3.63) is 34.7 Å². The lowest BCUT2D eigenvalue weighted by molar-refractivity contribution is -0.121. The highest BCUT2D eigenvalue weighted by atomic mass is 32.2. The fourth-order valence-corrected chi connectivity index (χ4v) is 3.79. The Morgan fingerprint density at radius 1 is 1.37 bits per heavy atom. The SMILES string of the molecule is CC(C)C1=C2N=CC(C(=O)C=CCN(C)CC(N)=O)=C2N(S(C)(=O)=O)C1=O. The second-order valence-corrected chi connectivity index (χ2v) is 8.53. The van der Waals surface area contributed by atoms with Gasteiger partial charge in [0.25, 0.3) is 5.91 Å². The molecule has 2 heterocycles. The quantitative estimate of drug-likeness (QED) is 0.557. The Kier molecular flexibility index (Phi) is 5.81. The average Bonchev–Trinajstić information content (AvgIpc) is 3.01. The third-order valence-corrected chi connectivity index (χ3v) is 4.97. The normalized spacial score (nSPS) is 17.3. The van der Waals surface area contributed by atoms with Crippen LogP contribution in [0.3, 0.4) is 0 Å². The number of allylic oxidation sites excluding steroid dienone is 2. The van der Waals surface area contributed by atoms with Crippen LogP contribution in [0, 0.1) is 5.92 Å². The number of fused-ring (bicyclic) bond motifs is 1. The van der Waals surface area contributed by atoms with Gasteiger partial charge in [0.05, 0.1) is 29.8 Å². The van der Waals surface area contributed by atoms with Crippen LogP contribution in [0.4, 0.5) is 0 Å². The molecule has 0 aromatic carbocycles. The molecular weight excluding hydrogens is 372 g/mol. The fourth-order valence-electron chi connectivity index (χ4n) is 2.87. The molecule has 2 aliphatic heterocycles. The van der Waals surface area contributed by atoms with Crippen LogP contribution in [0.15, 0.2) is 39.7 Å². The lowest BCUT2D eigenvalue weighted by Crippen LogP contribution is -2.33. The summed E-state index contributed by atoms with van der Waals surface area (Å²) in [5, 5.41) is 0. The molecule has 0 aromatic heterocycles. The smallest absolute Gasteiger partial charge is 0.270 e. The Balaban J connectivity index is 2.37. The lowest BCUT2D eigenvalue weighted by Gasteiger charge is -2.17. The maximum Gasteiger partial charge on any atom is 0.270 e. The third-order valence-electron chi connectivity index (χ3n) is 3.96. The van der Waals surface area contributed by atoms with Gasteiger partial charge in [-0.05, 0) is 19.0 Å².